The lowest BCUT2D eigenvalue weighted by Crippen LogP contribution is -2.41. The Morgan fingerprint density at radius 3 is 2.91 bits per heavy atom. The number of rotatable bonds is 4. The van der Waals surface area contributed by atoms with Crippen molar-refractivity contribution < 1.29 is 9.90 Å². The molecule has 1 aromatic heterocycles. The Morgan fingerprint density at radius 2 is 2.18 bits per heavy atom. The lowest BCUT2D eigenvalue weighted by atomic mass is 9.92. The quantitative estimate of drug-likeness (QED) is 0.930. The molecule has 1 N–H and O–H groups in total. The molecule has 5 nitrogen and oxygen atoms in total. The summed E-state index contributed by atoms with van der Waals surface area (Å²) in [5.74, 6) is 0.0826. The molecular weight excluding hydrogens is 278 g/mol. The smallest absolute Gasteiger partial charge is 0.223 e. The number of hydrogen-bond acceptors (Lipinski definition) is 3. The third-order valence-electron chi connectivity index (χ3n) is 4.27. The molecule has 0 radical (unpaired) electrons. The van der Waals surface area contributed by atoms with Gasteiger partial charge in [0.15, 0.2) is 0 Å². The first-order chi connectivity index (χ1) is 10.7. The predicted molar refractivity (Wildman–Crippen MR) is 83.2 cm³/mol. The minimum Gasteiger partial charge on any atom is -0.394 e. The second-order valence-electron chi connectivity index (χ2n) is 5.72. The van der Waals surface area contributed by atoms with Gasteiger partial charge in [0.25, 0.3) is 0 Å². The fraction of sp³-hybridized carbons (Fsp3) is 0.412. The maximum atomic E-state index is 12.5. The first-order valence-electron chi connectivity index (χ1n) is 7.65. The highest BCUT2D eigenvalue weighted by Crippen LogP contribution is 2.29. The second-order valence-corrected chi connectivity index (χ2v) is 5.72. The van der Waals surface area contributed by atoms with E-state index in [1.165, 1.54) is 5.56 Å². The topological polar surface area (TPSA) is 58.4 Å². The molecule has 5 heteroatoms. The summed E-state index contributed by atoms with van der Waals surface area (Å²) < 4.78 is 1.74. The van der Waals surface area contributed by atoms with Crippen molar-refractivity contribution >= 4 is 5.91 Å². The first-order valence-corrected chi connectivity index (χ1v) is 7.65. The Balaban J connectivity index is 1.70. The van der Waals surface area contributed by atoms with Gasteiger partial charge < -0.3 is 10.0 Å². The van der Waals surface area contributed by atoms with Gasteiger partial charge in [0, 0.05) is 32.6 Å². The van der Waals surface area contributed by atoms with Crippen LogP contribution < -0.4 is 0 Å². The summed E-state index contributed by atoms with van der Waals surface area (Å²) in [6, 6.07) is 9.76. The zero-order valence-corrected chi connectivity index (χ0v) is 12.8. The fourth-order valence-corrected chi connectivity index (χ4v) is 3.12. The summed E-state index contributed by atoms with van der Waals surface area (Å²) in [4.78, 5) is 14.3. The molecule has 22 heavy (non-hydrogen) atoms. The zero-order chi connectivity index (χ0) is 15.5. The number of aryl methyl sites for hydroxylation is 2. The van der Waals surface area contributed by atoms with Gasteiger partial charge in [-0.1, -0.05) is 24.3 Å². The molecule has 3 rings (SSSR count). The van der Waals surface area contributed by atoms with Crippen LogP contribution in [0.2, 0.25) is 0 Å². The van der Waals surface area contributed by atoms with Crippen molar-refractivity contribution in [3.05, 3.63) is 53.3 Å². The molecule has 2 heterocycles. The monoisotopic (exact) mass is 299 g/mol. The summed E-state index contributed by atoms with van der Waals surface area (Å²) in [5.41, 5.74) is 3.23. The number of aromatic nitrogens is 2. The Labute approximate surface area is 130 Å². The van der Waals surface area contributed by atoms with Gasteiger partial charge in [-0.15, -0.1) is 0 Å². The van der Waals surface area contributed by atoms with Gasteiger partial charge in [0.2, 0.25) is 5.91 Å². The third-order valence-corrected chi connectivity index (χ3v) is 4.27. The summed E-state index contributed by atoms with van der Waals surface area (Å²) in [6.07, 6.45) is 3.79. The van der Waals surface area contributed by atoms with Gasteiger partial charge in [-0.25, -0.2) is 0 Å². The van der Waals surface area contributed by atoms with E-state index >= 15 is 0 Å². The van der Waals surface area contributed by atoms with Crippen molar-refractivity contribution in [1.82, 2.24) is 14.7 Å². The van der Waals surface area contributed by atoms with Gasteiger partial charge in [0.1, 0.15) is 0 Å². The molecule has 0 bridgehead atoms. The van der Waals surface area contributed by atoms with Crippen LogP contribution in [0, 0.1) is 0 Å². The second kappa shape index (κ2) is 6.32. The molecule has 1 aliphatic rings. The van der Waals surface area contributed by atoms with Crippen molar-refractivity contribution in [2.24, 2.45) is 7.05 Å². The molecule has 1 atom stereocenters. The molecular formula is C17H21N3O2. The number of hydrogen-bond donors (Lipinski definition) is 1. The SMILES string of the molecule is Cn1ccc(CCC(=O)N2CCc3ccccc3C2CO)n1. The highest BCUT2D eigenvalue weighted by atomic mass is 16.3. The van der Waals surface area contributed by atoms with Crippen molar-refractivity contribution in [3.8, 4) is 0 Å². The molecule has 0 spiro atoms. The number of nitrogens with zero attached hydrogens (tertiary/aromatic N) is 3. The van der Waals surface area contributed by atoms with Gasteiger partial charge in [-0.05, 0) is 23.6 Å². The van der Waals surface area contributed by atoms with Gasteiger partial charge in [-0.3, -0.25) is 9.48 Å². The standard InChI is InChI=1S/C17H21N3O2/c1-19-10-9-14(18-19)6-7-17(22)20-11-8-13-4-2-3-5-15(13)16(20)12-21/h2-5,9-10,16,21H,6-8,11-12H2,1H3. The molecule has 2 aromatic rings. The van der Waals surface area contributed by atoms with E-state index in [-0.39, 0.29) is 18.6 Å². The van der Waals surface area contributed by atoms with E-state index in [2.05, 4.69) is 11.2 Å². The van der Waals surface area contributed by atoms with E-state index < -0.39 is 0 Å². The largest absolute Gasteiger partial charge is 0.394 e. The summed E-state index contributed by atoms with van der Waals surface area (Å²) >= 11 is 0. The molecule has 1 aromatic carbocycles. The molecule has 0 fully saturated rings. The van der Waals surface area contributed by atoms with Crippen LogP contribution in [0.1, 0.15) is 29.3 Å². The van der Waals surface area contributed by atoms with Gasteiger partial charge in [-0.2, -0.15) is 5.10 Å². The van der Waals surface area contributed by atoms with Crippen LogP contribution in [0.5, 0.6) is 0 Å². The van der Waals surface area contributed by atoms with Crippen LogP contribution in [0.15, 0.2) is 36.5 Å². The van der Waals surface area contributed by atoms with Gasteiger partial charge >= 0.3 is 0 Å². The van der Waals surface area contributed by atoms with Crippen molar-refractivity contribution in [2.45, 2.75) is 25.3 Å². The normalized spacial score (nSPS) is 17.4. The Bertz CT molecular complexity index is 665. The maximum absolute atomic E-state index is 12.5. The summed E-state index contributed by atoms with van der Waals surface area (Å²) in [5, 5.41) is 14.0. The lowest BCUT2D eigenvalue weighted by Gasteiger charge is -2.36. The van der Waals surface area contributed by atoms with E-state index in [4.69, 9.17) is 0 Å². The van der Waals surface area contributed by atoms with Gasteiger partial charge in [0.05, 0.1) is 18.3 Å². The molecule has 116 valence electrons. The number of fused-ring (bicyclic) bond motifs is 1. The lowest BCUT2D eigenvalue weighted by molar-refractivity contribution is -0.135. The van der Waals surface area contributed by atoms with Crippen LogP contribution >= 0.6 is 0 Å². The Morgan fingerprint density at radius 1 is 1.36 bits per heavy atom. The number of benzene rings is 1. The fourth-order valence-electron chi connectivity index (χ4n) is 3.12. The van der Waals surface area contributed by atoms with E-state index in [9.17, 15) is 9.90 Å². The minimum absolute atomic E-state index is 0.0354. The van der Waals surface area contributed by atoms with Crippen molar-refractivity contribution in [2.75, 3.05) is 13.2 Å². The van der Waals surface area contributed by atoms with E-state index in [0.29, 0.717) is 19.4 Å². The number of amides is 1. The third kappa shape index (κ3) is 2.90. The van der Waals surface area contributed by atoms with Crippen molar-refractivity contribution in [1.29, 1.82) is 0 Å². The van der Waals surface area contributed by atoms with E-state index in [1.807, 2.05) is 42.4 Å². The number of aliphatic hydroxyl groups excluding tert-OH is 1. The predicted octanol–water partition coefficient (Wildman–Crippen LogP) is 1.47. The molecule has 0 saturated heterocycles. The molecule has 0 aliphatic carbocycles. The van der Waals surface area contributed by atoms with Crippen molar-refractivity contribution in [3.63, 3.8) is 0 Å². The Kier molecular flexibility index (Phi) is 4.24. The van der Waals surface area contributed by atoms with E-state index in [1.54, 1.807) is 4.68 Å². The van der Waals surface area contributed by atoms with E-state index in [0.717, 1.165) is 17.7 Å². The average molecular weight is 299 g/mol. The van der Waals surface area contributed by atoms with Crippen LogP contribution in [-0.4, -0.2) is 38.8 Å². The van der Waals surface area contributed by atoms with Crippen LogP contribution in [0.25, 0.3) is 0 Å². The minimum atomic E-state index is -0.221. The van der Waals surface area contributed by atoms with Crippen LogP contribution in [0.4, 0.5) is 0 Å². The molecule has 1 aliphatic heterocycles. The number of aliphatic hydroxyl groups is 1. The molecule has 1 amide bonds. The summed E-state index contributed by atoms with van der Waals surface area (Å²) in [7, 11) is 1.87. The average Bonchev–Trinajstić information content (AvgIpc) is 2.97. The highest BCUT2D eigenvalue weighted by molar-refractivity contribution is 5.77. The molecule has 0 saturated carbocycles. The first kappa shape index (κ1) is 14.8. The maximum Gasteiger partial charge on any atom is 0.223 e. The molecule has 1 unspecified atom stereocenters. The van der Waals surface area contributed by atoms with Crippen LogP contribution in [0.3, 0.4) is 0 Å². The van der Waals surface area contributed by atoms with Crippen LogP contribution in [-0.2, 0) is 24.7 Å². The summed E-state index contributed by atoms with van der Waals surface area (Å²) in [6.45, 7) is 0.635. The highest BCUT2D eigenvalue weighted by Gasteiger charge is 2.29. The number of carbonyl (C=O) groups excluding carboxylic acids is 1. The zero-order valence-electron chi connectivity index (χ0n) is 12.8. The Hall–Kier alpha value is -2.14. The number of carbonyl (C=O) groups is 1.